The molecule has 2 aromatic carbocycles. The number of rotatable bonds is 6. The monoisotopic (exact) mass is 436 g/mol. The average Bonchev–Trinajstić information content (AvgIpc) is 3.40. The molecule has 152 valence electrons. The van der Waals surface area contributed by atoms with E-state index >= 15 is 0 Å². The Kier molecular flexibility index (Phi) is 5.52. The van der Waals surface area contributed by atoms with Gasteiger partial charge in [-0.25, -0.2) is 9.51 Å². The lowest BCUT2D eigenvalue weighted by Gasteiger charge is -2.07. The van der Waals surface area contributed by atoms with Gasteiger partial charge < -0.3 is 0 Å². The van der Waals surface area contributed by atoms with Crippen LogP contribution in [0.25, 0.3) is 16.3 Å². The number of thiophene rings is 1. The summed E-state index contributed by atoms with van der Waals surface area (Å²) in [5.74, 6) is 0. The van der Waals surface area contributed by atoms with Gasteiger partial charge in [0, 0.05) is 11.8 Å². The molecular weight excluding hydrogens is 416 g/mol. The number of nitrogens with one attached hydrogen (secondary N) is 1. The second-order valence-corrected chi connectivity index (χ2v) is 9.39. The first-order valence-corrected chi connectivity index (χ1v) is 11.6. The van der Waals surface area contributed by atoms with Crippen LogP contribution in [0.1, 0.15) is 16.7 Å². The summed E-state index contributed by atoms with van der Waals surface area (Å²) >= 11 is 1.56. The molecule has 2 aromatic heterocycles. The van der Waals surface area contributed by atoms with Crippen LogP contribution in [-0.4, -0.2) is 24.4 Å². The summed E-state index contributed by atoms with van der Waals surface area (Å²) < 4.78 is 27.1. The Hall–Kier alpha value is -3.23. The lowest BCUT2D eigenvalue weighted by molar-refractivity contribution is 0.584. The minimum absolute atomic E-state index is 0.220. The molecule has 0 aliphatic rings. The van der Waals surface area contributed by atoms with E-state index in [1.807, 2.05) is 67.0 Å². The van der Waals surface area contributed by atoms with Crippen LogP contribution in [0.15, 0.2) is 82.2 Å². The number of para-hydroxylation sites is 1. The van der Waals surface area contributed by atoms with Crippen molar-refractivity contribution in [3.63, 3.8) is 0 Å². The SMILES string of the molecule is Cc1ccc(C)c(S(=O)(=O)NN=Cc2cn(-c3ccccc3)nc2-c2cccs2)c1. The molecule has 0 spiro atoms. The lowest BCUT2D eigenvalue weighted by atomic mass is 10.2. The minimum atomic E-state index is -3.77. The van der Waals surface area contributed by atoms with Crippen molar-refractivity contribution in [2.75, 3.05) is 0 Å². The number of aryl methyl sites for hydroxylation is 2. The molecule has 0 fully saturated rings. The second kappa shape index (κ2) is 8.25. The van der Waals surface area contributed by atoms with Crippen molar-refractivity contribution in [1.82, 2.24) is 14.6 Å². The van der Waals surface area contributed by atoms with Crippen molar-refractivity contribution in [3.05, 3.63) is 88.9 Å². The summed E-state index contributed by atoms with van der Waals surface area (Å²) in [5, 5.41) is 10.7. The van der Waals surface area contributed by atoms with E-state index in [4.69, 9.17) is 0 Å². The van der Waals surface area contributed by atoms with E-state index in [2.05, 4.69) is 15.0 Å². The number of hydrazone groups is 1. The molecule has 0 amide bonds. The number of benzene rings is 2. The summed E-state index contributed by atoms with van der Waals surface area (Å²) in [6.45, 7) is 3.61. The molecule has 0 radical (unpaired) electrons. The molecule has 30 heavy (non-hydrogen) atoms. The van der Waals surface area contributed by atoms with Crippen molar-refractivity contribution >= 4 is 27.6 Å². The Bertz CT molecular complexity index is 1290. The first-order chi connectivity index (χ1) is 14.4. The summed E-state index contributed by atoms with van der Waals surface area (Å²) in [7, 11) is -3.77. The smallest absolute Gasteiger partial charge is 0.240 e. The van der Waals surface area contributed by atoms with E-state index in [1.54, 1.807) is 35.1 Å². The summed E-state index contributed by atoms with van der Waals surface area (Å²) in [4.78, 5) is 3.52. The van der Waals surface area contributed by atoms with Crippen LogP contribution in [0.2, 0.25) is 0 Å². The van der Waals surface area contributed by atoms with Crippen molar-refractivity contribution in [2.45, 2.75) is 18.7 Å². The maximum atomic E-state index is 12.7. The predicted molar refractivity (Wildman–Crippen MR) is 121 cm³/mol. The molecular formula is C22H20N4O2S2. The van der Waals surface area contributed by atoms with Crippen LogP contribution < -0.4 is 4.83 Å². The van der Waals surface area contributed by atoms with Gasteiger partial charge in [-0.2, -0.15) is 18.6 Å². The minimum Gasteiger partial charge on any atom is -0.240 e. The van der Waals surface area contributed by atoms with Gasteiger partial charge in [0.05, 0.1) is 21.7 Å². The summed E-state index contributed by atoms with van der Waals surface area (Å²) in [5.41, 5.74) is 3.90. The molecule has 1 N–H and O–H groups in total. The van der Waals surface area contributed by atoms with E-state index in [9.17, 15) is 8.42 Å². The van der Waals surface area contributed by atoms with Crippen molar-refractivity contribution in [1.29, 1.82) is 0 Å². The Morgan fingerprint density at radius 2 is 1.87 bits per heavy atom. The van der Waals surface area contributed by atoms with Crippen LogP contribution in [0.4, 0.5) is 0 Å². The van der Waals surface area contributed by atoms with Gasteiger partial charge in [-0.15, -0.1) is 11.3 Å². The predicted octanol–water partition coefficient (Wildman–Crippen LogP) is 4.53. The molecule has 4 rings (SSSR count). The van der Waals surface area contributed by atoms with Crippen molar-refractivity contribution in [3.8, 4) is 16.3 Å². The van der Waals surface area contributed by atoms with Gasteiger partial charge in [0.15, 0.2) is 0 Å². The fraction of sp³-hybridized carbons (Fsp3) is 0.0909. The maximum Gasteiger partial charge on any atom is 0.276 e. The third kappa shape index (κ3) is 4.19. The van der Waals surface area contributed by atoms with E-state index in [1.165, 1.54) is 6.21 Å². The Labute approximate surface area is 179 Å². The highest BCUT2D eigenvalue weighted by Crippen LogP contribution is 2.27. The zero-order valence-electron chi connectivity index (χ0n) is 16.5. The van der Waals surface area contributed by atoms with E-state index in [-0.39, 0.29) is 4.90 Å². The molecule has 0 unspecified atom stereocenters. The van der Waals surface area contributed by atoms with Gasteiger partial charge in [0.25, 0.3) is 10.0 Å². The topological polar surface area (TPSA) is 76.3 Å². The normalized spacial score (nSPS) is 11.8. The number of hydrogen-bond donors (Lipinski definition) is 1. The maximum absolute atomic E-state index is 12.7. The van der Waals surface area contributed by atoms with Crippen LogP contribution in [0, 0.1) is 13.8 Å². The zero-order chi connectivity index (χ0) is 21.1. The highest BCUT2D eigenvalue weighted by Gasteiger charge is 2.16. The first kappa shape index (κ1) is 20.1. The first-order valence-electron chi connectivity index (χ1n) is 9.25. The van der Waals surface area contributed by atoms with Gasteiger partial charge in [-0.05, 0) is 54.6 Å². The second-order valence-electron chi connectivity index (χ2n) is 6.81. The van der Waals surface area contributed by atoms with Crippen LogP contribution >= 0.6 is 11.3 Å². The highest BCUT2D eigenvalue weighted by molar-refractivity contribution is 7.89. The lowest BCUT2D eigenvalue weighted by Crippen LogP contribution is -2.19. The Morgan fingerprint density at radius 1 is 1.07 bits per heavy atom. The molecule has 6 nitrogen and oxygen atoms in total. The molecule has 0 aliphatic heterocycles. The molecule has 0 saturated heterocycles. The molecule has 0 aliphatic carbocycles. The number of aromatic nitrogens is 2. The fourth-order valence-electron chi connectivity index (χ4n) is 3.01. The van der Waals surface area contributed by atoms with Crippen LogP contribution in [0.3, 0.4) is 0 Å². The standard InChI is InChI=1S/C22H20N4O2S2/c1-16-10-11-17(2)21(13-16)30(27,28)25-23-14-18-15-26(19-7-4-3-5-8-19)24-22(18)20-9-6-12-29-20/h3-15,25H,1-2H3. The third-order valence-corrected chi connectivity index (χ3v) is 6.77. The highest BCUT2D eigenvalue weighted by atomic mass is 32.2. The number of sulfonamides is 1. The van der Waals surface area contributed by atoms with Crippen molar-refractivity contribution in [2.24, 2.45) is 5.10 Å². The summed E-state index contributed by atoms with van der Waals surface area (Å²) in [6.07, 6.45) is 3.32. The summed E-state index contributed by atoms with van der Waals surface area (Å²) in [6, 6.07) is 18.9. The van der Waals surface area contributed by atoms with Gasteiger partial charge >= 0.3 is 0 Å². The average molecular weight is 437 g/mol. The molecule has 4 aromatic rings. The van der Waals surface area contributed by atoms with E-state index in [0.717, 1.165) is 21.8 Å². The quantitative estimate of drug-likeness (QED) is 0.356. The van der Waals surface area contributed by atoms with Crippen molar-refractivity contribution < 1.29 is 8.42 Å². The molecule has 2 heterocycles. The largest absolute Gasteiger partial charge is 0.276 e. The third-order valence-electron chi connectivity index (χ3n) is 4.53. The zero-order valence-corrected chi connectivity index (χ0v) is 18.1. The van der Waals surface area contributed by atoms with Crippen LogP contribution in [0.5, 0.6) is 0 Å². The fourth-order valence-corrected chi connectivity index (χ4v) is 4.86. The number of nitrogens with zero attached hydrogens (tertiary/aromatic N) is 3. The molecule has 8 heteroatoms. The van der Waals surface area contributed by atoms with Gasteiger partial charge in [-0.1, -0.05) is 36.4 Å². The van der Waals surface area contributed by atoms with Gasteiger partial charge in [0.1, 0.15) is 5.69 Å². The van der Waals surface area contributed by atoms with Crippen LogP contribution in [-0.2, 0) is 10.0 Å². The van der Waals surface area contributed by atoms with Gasteiger partial charge in [0.2, 0.25) is 0 Å². The Morgan fingerprint density at radius 3 is 2.60 bits per heavy atom. The van der Waals surface area contributed by atoms with E-state index < -0.39 is 10.0 Å². The molecule has 0 atom stereocenters. The molecule has 0 bridgehead atoms. The Balaban J connectivity index is 1.66. The van der Waals surface area contributed by atoms with E-state index in [0.29, 0.717) is 11.1 Å². The molecule has 0 saturated carbocycles. The van der Waals surface area contributed by atoms with Gasteiger partial charge in [-0.3, -0.25) is 0 Å². The number of hydrogen-bond acceptors (Lipinski definition) is 5.